The third-order valence-corrected chi connectivity index (χ3v) is 8.10. The number of sulfonamides is 1. The summed E-state index contributed by atoms with van der Waals surface area (Å²) in [7, 11) is -4.14. The van der Waals surface area contributed by atoms with Gasteiger partial charge in [-0.15, -0.1) is 13.2 Å². The zero-order valence-electron chi connectivity index (χ0n) is 21.3. The first-order valence-corrected chi connectivity index (χ1v) is 13.6. The molecular weight excluding hydrogens is 570 g/mol. The van der Waals surface area contributed by atoms with Crippen LogP contribution in [-0.4, -0.2) is 25.6 Å². The number of hydrogen-bond donors (Lipinski definition) is 1. The average molecular weight is 595 g/mol. The topological polar surface area (TPSA) is 72.6 Å². The van der Waals surface area contributed by atoms with Crippen LogP contribution in [0.3, 0.4) is 0 Å². The molecule has 0 atom stereocenters. The maximum absolute atomic E-state index is 12.8. The Morgan fingerprint density at radius 3 is 1.98 bits per heavy atom. The number of nitrogens with two attached hydrogens (primary N) is 1. The molecule has 0 aliphatic carbocycles. The highest BCUT2D eigenvalue weighted by atomic mass is 32.2. The SMILES string of the molecule is FC(F)(F)c1ccc(-c2ccccc2)cc1.Nc1ccc2c(c1)CCN(S(=O)(=O)c1ccccc1OC(F)(F)F)C2. The van der Waals surface area contributed by atoms with E-state index in [0.29, 0.717) is 12.1 Å². The molecule has 41 heavy (non-hydrogen) atoms. The second-order valence-electron chi connectivity index (χ2n) is 9.05. The Morgan fingerprint density at radius 2 is 1.34 bits per heavy atom. The third kappa shape index (κ3) is 7.59. The maximum atomic E-state index is 12.8. The minimum Gasteiger partial charge on any atom is -0.404 e. The number of halogens is 6. The Hall–Kier alpha value is -4.03. The summed E-state index contributed by atoms with van der Waals surface area (Å²) in [4.78, 5) is -0.508. The molecule has 2 N–H and O–H groups in total. The van der Waals surface area contributed by atoms with E-state index >= 15 is 0 Å². The van der Waals surface area contributed by atoms with Crippen LogP contribution in [0.2, 0.25) is 0 Å². The number of fused-ring (bicyclic) bond motifs is 1. The monoisotopic (exact) mass is 594 g/mol. The van der Waals surface area contributed by atoms with E-state index in [4.69, 9.17) is 5.73 Å². The predicted molar refractivity (Wildman–Crippen MR) is 142 cm³/mol. The van der Waals surface area contributed by atoms with E-state index < -0.39 is 38.8 Å². The van der Waals surface area contributed by atoms with Crippen molar-refractivity contribution in [3.63, 3.8) is 0 Å². The summed E-state index contributed by atoms with van der Waals surface area (Å²) in [5, 5.41) is 0. The number of nitrogen functional groups attached to an aromatic ring is 1. The van der Waals surface area contributed by atoms with Crippen LogP contribution in [-0.2, 0) is 29.2 Å². The summed E-state index contributed by atoms with van der Waals surface area (Å²) in [5.41, 5.74) is 9.09. The summed E-state index contributed by atoms with van der Waals surface area (Å²) in [6, 6.07) is 24.4. The summed E-state index contributed by atoms with van der Waals surface area (Å²) in [6.07, 6.45) is -8.81. The molecule has 0 unspecified atom stereocenters. The number of nitrogens with zero attached hydrogens (tertiary/aromatic N) is 1. The van der Waals surface area contributed by atoms with Gasteiger partial charge in [0, 0.05) is 18.8 Å². The fraction of sp³-hybridized carbons (Fsp3) is 0.172. The van der Waals surface area contributed by atoms with Gasteiger partial charge in [-0.25, -0.2) is 8.42 Å². The van der Waals surface area contributed by atoms with E-state index in [2.05, 4.69) is 4.74 Å². The lowest BCUT2D eigenvalue weighted by atomic mass is 10.0. The van der Waals surface area contributed by atoms with Crippen LogP contribution in [0, 0.1) is 0 Å². The molecule has 1 aliphatic heterocycles. The van der Waals surface area contributed by atoms with Gasteiger partial charge in [-0.1, -0.05) is 60.7 Å². The van der Waals surface area contributed by atoms with Crippen LogP contribution in [0.15, 0.2) is 102 Å². The molecule has 0 amide bonds. The summed E-state index contributed by atoms with van der Waals surface area (Å²) in [6.45, 7) is 0.220. The number of hydrogen-bond acceptors (Lipinski definition) is 4. The van der Waals surface area contributed by atoms with Crippen molar-refractivity contribution in [3.8, 4) is 16.9 Å². The van der Waals surface area contributed by atoms with Crippen LogP contribution < -0.4 is 10.5 Å². The van der Waals surface area contributed by atoms with Crippen molar-refractivity contribution in [2.75, 3.05) is 12.3 Å². The van der Waals surface area contributed by atoms with Crippen molar-refractivity contribution in [2.24, 2.45) is 0 Å². The van der Waals surface area contributed by atoms with Crippen LogP contribution in [0.1, 0.15) is 16.7 Å². The highest BCUT2D eigenvalue weighted by molar-refractivity contribution is 7.89. The molecule has 0 saturated carbocycles. The van der Waals surface area contributed by atoms with Crippen molar-refractivity contribution in [1.82, 2.24) is 4.31 Å². The number of anilines is 1. The van der Waals surface area contributed by atoms with Crippen molar-refractivity contribution in [1.29, 1.82) is 0 Å². The van der Waals surface area contributed by atoms with Crippen molar-refractivity contribution in [2.45, 2.75) is 30.4 Å². The first kappa shape index (κ1) is 29.9. The second-order valence-corrected chi connectivity index (χ2v) is 11.0. The highest BCUT2D eigenvalue weighted by Gasteiger charge is 2.36. The Bertz CT molecular complexity index is 1590. The minimum atomic E-state index is -4.97. The lowest BCUT2D eigenvalue weighted by molar-refractivity contribution is -0.275. The van der Waals surface area contributed by atoms with Crippen molar-refractivity contribution in [3.05, 3.63) is 114 Å². The molecule has 0 bridgehead atoms. The third-order valence-electron chi connectivity index (χ3n) is 6.22. The zero-order chi connectivity index (χ0) is 29.8. The van der Waals surface area contributed by atoms with Gasteiger partial charge in [0.15, 0.2) is 0 Å². The molecule has 0 spiro atoms. The fourth-order valence-electron chi connectivity index (χ4n) is 4.25. The molecular formula is C29H24F6N2O3S. The number of ether oxygens (including phenoxy) is 1. The first-order chi connectivity index (χ1) is 19.2. The number of alkyl halides is 6. The molecule has 4 aromatic rings. The van der Waals surface area contributed by atoms with Gasteiger partial charge in [0.1, 0.15) is 10.6 Å². The Kier molecular flexibility index (Phi) is 8.64. The fourth-order valence-corrected chi connectivity index (χ4v) is 5.78. The Morgan fingerprint density at radius 1 is 0.732 bits per heavy atom. The predicted octanol–water partition coefficient (Wildman–Crippen LogP) is 7.29. The normalized spacial score (nSPS) is 14.0. The molecule has 0 saturated heterocycles. The summed E-state index contributed by atoms with van der Waals surface area (Å²) in [5.74, 6) is -0.738. The highest BCUT2D eigenvalue weighted by Crippen LogP contribution is 2.34. The molecule has 5 rings (SSSR count). The summed E-state index contributed by atoms with van der Waals surface area (Å²) >= 11 is 0. The smallest absolute Gasteiger partial charge is 0.404 e. The van der Waals surface area contributed by atoms with E-state index in [-0.39, 0.29) is 13.1 Å². The molecule has 216 valence electrons. The average Bonchev–Trinajstić information content (AvgIpc) is 2.92. The molecule has 12 heteroatoms. The van der Waals surface area contributed by atoms with Crippen LogP contribution in [0.25, 0.3) is 11.1 Å². The number of para-hydroxylation sites is 1. The van der Waals surface area contributed by atoms with Crippen molar-refractivity contribution < 1.29 is 39.5 Å². The van der Waals surface area contributed by atoms with E-state index in [1.165, 1.54) is 24.3 Å². The quantitative estimate of drug-likeness (QED) is 0.199. The van der Waals surface area contributed by atoms with E-state index in [1.807, 2.05) is 30.3 Å². The lowest BCUT2D eigenvalue weighted by Crippen LogP contribution is -2.36. The number of rotatable bonds is 4. The van der Waals surface area contributed by atoms with E-state index in [9.17, 15) is 34.8 Å². The van der Waals surface area contributed by atoms with Crippen LogP contribution in [0.5, 0.6) is 5.75 Å². The van der Waals surface area contributed by atoms with Crippen LogP contribution >= 0.6 is 0 Å². The molecule has 0 fully saturated rings. The maximum Gasteiger partial charge on any atom is 0.573 e. The Balaban J connectivity index is 0.000000208. The van der Waals surface area contributed by atoms with Gasteiger partial charge >= 0.3 is 12.5 Å². The van der Waals surface area contributed by atoms with Crippen LogP contribution in [0.4, 0.5) is 32.0 Å². The van der Waals surface area contributed by atoms with E-state index in [0.717, 1.165) is 50.8 Å². The standard InChI is InChI=1S/C16H15F3N2O3S.C13H9F3/c17-16(18,19)24-14-3-1-2-4-15(14)25(22,23)21-8-7-11-9-13(20)6-5-12(11)10-21;14-13(15,16)12-8-6-11(7-9-12)10-4-2-1-3-5-10/h1-6,9H,7-8,10,20H2;1-9H. The van der Waals surface area contributed by atoms with Gasteiger partial charge in [-0.3, -0.25) is 0 Å². The molecule has 4 aromatic carbocycles. The lowest BCUT2D eigenvalue weighted by Gasteiger charge is -2.29. The molecule has 1 aliphatic rings. The molecule has 1 heterocycles. The molecule has 5 nitrogen and oxygen atoms in total. The summed E-state index contributed by atoms with van der Waals surface area (Å²) < 4.78 is 105. The van der Waals surface area contributed by atoms with Gasteiger partial charge < -0.3 is 10.5 Å². The van der Waals surface area contributed by atoms with Gasteiger partial charge in [-0.2, -0.15) is 17.5 Å². The minimum absolute atomic E-state index is 0.0678. The first-order valence-electron chi connectivity index (χ1n) is 12.2. The zero-order valence-corrected chi connectivity index (χ0v) is 22.1. The Labute approximate surface area is 232 Å². The van der Waals surface area contributed by atoms with Gasteiger partial charge in [0.05, 0.1) is 5.56 Å². The largest absolute Gasteiger partial charge is 0.573 e. The number of benzene rings is 4. The molecule has 0 aromatic heterocycles. The van der Waals surface area contributed by atoms with Crippen molar-refractivity contribution >= 4 is 15.7 Å². The van der Waals surface area contributed by atoms with Gasteiger partial charge in [-0.05, 0) is 65.1 Å². The van der Waals surface area contributed by atoms with Gasteiger partial charge in [0.2, 0.25) is 10.0 Å². The molecule has 0 radical (unpaired) electrons. The second kappa shape index (κ2) is 11.8. The van der Waals surface area contributed by atoms with E-state index in [1.54, 1.807) is 18.2 Å². The van der Waals surface area contributed by atoms with Gasteiger partial charge in [0.25, 0.3) is 0 Å².